The Morgan fingerprint density at radius 2 is 1.85 bits per heavy atom. The summed E-state index contributed by atoms with van der Waals surface area (Å²) in [5.74, 6) is -1.79. The molecule has 0 aromatic heterocycles. The molecule has 0 aliphatic carbocycles. The summed E-state index contributed by atoms with van der Waals surface area (Å²) in [6.45, 7) is 1.48. The molecule has 2 atom stereocenters. The van der Waals surface area contributed by atoms with Crippen molar-refractivity contribution >= 4 is 16.0 Å². The highest BCUT2D eigenvalue weighted by molar-refractivity contribution is 7.90. The van der Waals surface area contributed by atoms with Crippen molar-refractivity contribution in [2.45, 2.75) is 24.1 Å². The molecule has 26 heavy (non-hydrogen) atoms. The van der Waals surface area contributed by atoms with Crippen LogP contribution in [0.2, 0.25) is 0 Å². The van der Waals surface area contributed by atoms with E-state index in [2.05, 4.69) is 5.32 Å². The number of nitrogens with zero attached hydrogens (tertiary/aromatic N) is 1. The molecule has 2 aromatic carbocycles. The van der Waals surface area contributed by atoms with E-state index in [-0.39, 0.29) is 17.9 Å². The van der Waals surface area contributed by atoms with Gasteiger partial charge < -0.3 is 5.32 Å². The van der Waals surface area contributed by atoms with Crippen LogP contribution in [0, 0.1) is 17.0 Å². The average molecular weight is 379 g/mol. The van der Waals surface area contributed by atoms with Crippen LogP contribution in [0.4, 0.5) is 8.78 Å². The first-order valence-electron chi connectivity index (χ1n) is 8.00. The third-order valence-electron chi connectivity index (χ3n) is 4.83. The van der Waals surface area contributed by atoms with Crippen LogP contribution in [0.3, 0.4) is 0 Å². The Morgan fingerprint density at radius 1 is 1.19 bits per heavy atom. The summed E-state index contributed by atoms with van der Waals surface area (Å²) in [6, 6.07) is 11.8. The maximum absolute atomic E-state index is 14.5. The van der Waals surface area contributed by atoms with Crippen molar-refractivity contribution in [1.82, 2.24) is 9.62 Å². The molecule has 1 aliphatic rings. The molecule has 1 aliphatic heterocycles. The van der Waals surface area contributed by atoms with E-state index in [1.165, 1.54) is 14.0 Å². The summed E-state index contributed by atoms with van der Waals surface area (Å²) < 4.78 is 55.2. The van der Waals surface area contributed by atoms with Gasteiger partial charge in [-0.25, -0.2) is 21.5 Å². The largest absolute Gasteiger partial charge is 0.345 e. The van der Waals surface area contributed by atoms with Gasteiger partial charge in [0.15, 0.2) is 0 Å². The standard InChI is InChI=1S/C18H19F2N3O2S/c1-18(14-11-13(19)8-9-15(14)20)16(10-12-6-4-3-5-7-12)26(24,25)23(2)17(21)22-18/h3-9,11,16H,10H2,1-2H3,(H2,21,22)/t16-,18-/m1/s1. The van der Waals surface area contributed by atoms with E-state index in [1.807, 2.05) is 6.07 Å². The third kappa shape index (κ3) is 2.94. The first-order valence-corrected chi connectivity index (χ1v) is 9.50. The first-order chi connectivity index (χ1) is 12.2. The Morgan fingerprint density at radius 3 is 2.50 bits per heavy atom. The molecular weight excluding hydrogens is 360 g/mol. The molecule has 2 N–H and O–H groups in total. The fourth-order valence-electron chi connectivity index (χ4n) is 3.29. The summed E-state index contributed by atoms with van der Waals surface area (Å²) in [4.78, 5) is 0. The Hall–Kier alpha value is -2.48. The topological polar surface area (TPSA) is 73.3 Å². The second-order valence-electron chi connectivity index (χ2n) is 6.49. The lowest BCUT2D eigenvalue weighted by Crippen LogP contribution is -2.66. The first kappa shape index (κ1) is 18.3. The van der Waals surface area contributed by atoms with Crippen LogP contribution in [0.5, 0.6) is 0 Å². The predicted molar refractivity (Wildman–Crippen MR) is 95.2 cm³/mol. The summed E-state index contributed by atoms with van der Waals surface area (Å²) in [7, 11) is -2.71. The molecule has 0 bridgehead atoms. The highest BCUT2D eigenvalue weighted by atomic mass is 32.2. The molecule has 1 fully saturated rings. The van der Waals surface area contributed by atoms with Gasteiger partial charge in [0.2, 0.25) is 16.0 Å². The molecule has 1 heterocycles. The lowest BCUT2D eigenvalue weighted by Gasteiger charge is -2.46. The molecule has 0 amide bonds. The third-order valence-corrected chi connectivity index (χ3v) is 7.13. The van der Waals surface area contributed by atoms with Gasteiger partial charge >= 0.3 is 0 Å². The van der Waals surface area contributed by atoms with Crippen molar-refractivity contribution in [2.75, 3.05) is 7.05 Å². The smallest absolute Gasteiger partial charge is 0.243 e. The number of benzene rings is 2. The molecule has 2 aromatic rings. The highest BCUT2D eigenvalue weighted by Gasteiger charge is 2.52. The lowest BCUT2D eigenvalue weighted by atomic mass is 9.84. The zero-order chi connectivity index (χ0) is 19.1. The Labute approximate surface area is 151 Å². The van der Waals surface area contributed by atoms with E-state index in [9.17, 15) is 17.2 Å². The molecule has 3 rings (SSSR count). The minimum absolute atomic E-state index is 0.0836. The van der Waals surface area contributed by atoms with E-state index >= 15 is 0 Å². The molecule has 0 saturated carbocycles. The van der Waals surface area contributed by atoms with Gasteiger partial charge in [-0.1, -0.05) is 30.3 Å². The monoisotopic (exact) mass is 379 g/mol. The molecule has 5 nitrogen and oxygen atoms in total. The predicted octanol–water partition coefficient (Wildman–Crippen LogP) is 2.59. The van der Waals surface area contributed by atoms with Crippen molar-refractivity contribution in [3.05, 3.63) is 71.3 Å². The normalized spacial score (nSPS) is 25.0. The summed E-state index contributed by atoms with van der Waals surface area (Å²) in [5, 5.41) is 9.61. The number of hydrogen-bond acceptors (Lipinski definition) is 3. The second kappa shape index (κ2) is 6.35. The molecular formula is C18H19F2N3O2S. The van der Waals surface area contributed by atoms with Crippen LogP contribution >= 0.6 is 0 Å². The maximum atomic E-state index is 14.5. The molecule has 1 saturated heterocycles. The summed E-state index contributed by atoms with van der Waals surface area (Å²) >= 11 is 0. The number of guanidine groups is 1. The number of hydrogen-bond donors (Lipinski definition) is 2. The van der Waals surface area contributed by atoms with Crippen LogP contribution in [-0.2, 0) is 22.0 Å². The highest BCUT2D eigenvalue weighted by Crippen LogP contribution is 2.37. The zero-order valence-corrected chi connectivity index (χ0v) is 15.1. The van der Waals surface area contributed by atoms with Crippen molar-refractivity contribution in [3.63, 3.8) is 0 Å². The number of nitrogens with one attached hydrogen (secondary N) is 2. The minimum Gasteiger partial charge on any atom is -0.345 e. The van der Waals surface area contributed by atoms with E-state index in [4.69, 9.17) is 5.41 Å². The van der Waals surface area contributed by atoms with Gasteiger partial charge in [0, 0.05) is 12.6 Å². The Kier molecular flexibility index (Phi) is 4.47. The van der Waals surface area contributed by atoms with Gasteiger partial charge in [-0.05, 0) is 37.1 Å². The fourth-order valence-corrected chi connectivity index (χ4v) is 5.16. The van der Waals surface area contributed by atoms with Gasteiger partial charge in [0.1, 0.15) is 16.9 Å². The van der Waals surface area contributed by atoms with Crippen molar-refractivity contribution in [3.8, 4) is 0 Å². The number of sulfonamides is 1. The number of rotatable bonds is 3. The number of halogens is 2. The Balaban J connectivity index is 2.19. The van der Waals surface area contributed by atoms with E-state index in [1.54, 1.807) is 24.3 Å². The van der Waals surface area contributed by atoms with Gasteiger partial charge in [0.25, 0.3) is 0 Å². The zero-order valence-electron chi connectivity index (χ0n) is 14.3. The van der Waals surface area contributed by atoms with Crippen molar-refractivity contribution in [1.29, 1.82) is 5.41 Å². The van der Waals surface area contributed by atoms with E-state index in [0.29, 0.717) is 0 Å². The molecule has 0 spiro atoms. The second-order valence-corrected chi connectivity index (χ2v) is 8.64. The summed E-state index contributed by atoms with van der Waals surface area (Å²) in [6.07, 6.45) is 0.0836. The maximum Gasteiger partial charge on any atom is 0.243 e. The fraction of sp³-hybridized carbons (Fsp3) is 0.278. The van der Waals surface area contributed by atoms with Gasteiger partial charge in [-0.2, -0.15) is 0 Å². The Bertz CT molecular complexity index is 950. The molecule has 0 unspecified atom stereocenters. The van der Waals surface area contributed by atoms with Crippen molar-refractivity contribution < 1.29 is 17.2 Å². The van der Waals surface area contributed by atoms with Crippen LogP contribution in [-0.4, -0.2) is 31.0 Å². The lowest BCUT2D eigenvalue weighted by molar-refractivity contribution is 0.337. The van der Waals surface area contributed by atoms with E-state index < -0.39 is 32.4 Å². The average Bonchev–Trinajstić information content (AvgIpc) is 2.60. The van der Waals surface area contributed by atoms with E-state index in [0.717, 1.165) is 28.1 Å². The van der Waals surface area contributed by atoms with Crippen LogP contribution in [0.15, 0.2) is 48.5 Å². The van der Waals surface area contributed by atoms with Crippen molar-refractivity contribution in [2.24, 2.45) is 0 Å². The minimum atomic E-state index is -3.98. The van der Waals surface area contributed by atoms with Gasteiger partial charge in [0.05, 0.1) is 5.54 Å². The molecule has 0 radical (unpaired) electrons. The van der Waals surface area contributed by atoms with Crippen LogP contribution in [0.1, 0.15) is 18.1 Å². The van der Waals surface area contributed by atoms with Gasteiger partial charge in [-0.3, -0.25) is 5.41 Å². The van der Waals surface area contributed by atoms with Crippen LogP contribution < -0.4 is 5.32 Å². The van der Waals surface area contributed by atoms with Crippen LogP contribution in [0.25, 0.3) is 0 Å². The molecule has 8 heteroatoms. The van der Waals surface area contributed by atoms with Gasteiger partial charge in [-0.15, -0.1) is 0 Å². The summed E-state index contributed by atoms with van der Waals surface area (Å²) in [5.41, 5.74) is -0.891. The molecule has 138 valence electrons. The quantitative estimate of drug-likeness (QED) is 0.861. The SMILES string of the molecule is CN1C(=N)N[C@](C)(c2cc(F)ccc2F)[C@@H](Cc2ccccc2)S1(=O)=O.